The van der Waals surface area contributed by atoms with Gasteiger partial charge in [-0.3, -0.25) is 9.59 Å². The molecule has 0 spiro atoms. The summed E-state index contributed by atoms with van der Waals surface area (Å²) in [6.07, 6.45) is 1.08. The minimum absolute atomic E-state index is 0.0327. The van der Waals surface area contributed by atoms with E-state index in [9.17, 15) is 23.9 Å². The van der Waals surface area contributed by atoms with Crippen molar-refractivity contribution < 1.29 is 19.1 Å². The number of carbonyl (C=O) groups excluding carboxylic acids is 1. The van der Waals surface area contributed by atoms with E-state index in [0.717, 1.165) is 4.68 Å². The fourth-order valence-corrected chi connectivity index (χ4v) is 3.06. The fraction of sp³-hybridized carbons (Fsp3) is 0.333. The van der Waals surface area contributed by atoms with E-state index < -0.39 is 29.3 Å². The molecule has 1 N–H and O–H groups in total. The summed E-state index contributed by atoms with van der Waals surface area (Å²) in [4.78, 5) is 37.7. The average Bonchev–Trinajstić information content (AvgIpc) is 2.62. The average molecular weight is 359 g/mol. The molecule has 136 valence electrons. The number of carboxylic acids is 1. The normalized spacial score (nSPS) is 20.0. The summed E-state index contributed by atoms with van der Waals surface area (Å²) < 4.78 is 14.1. The van der Waals surface area contributed by atoms with E-state index in [1.54, 1.807) is 0 Å². The first-order valence-electron chi connectivity index (χ1n) is 8.27. The highest BCUT2D eigenvalue weighted by Gasteiger charge is 2.35. The number of carbonyl (C=O) groups is 2. The summed E-state index contributed by atoms with van der Waals surface area (Å²) in [7, 11) is 0. The van der Waals surface area contributed by atoms with E-state index in [0.29, 0.717) is 25.1 Å². The first-order chi connectivity index (χ1) is 12.4. The number of halogens is 1. The van der Waals surface area contributed by atoms with Crippen molar-refractivity contribution in [2.24, 2.45) is 5.92 Å². The molecule has 1 aliphatic heterocycles. The Bertz CT molecular complexity index is 894. The summed E-state index contributed by atoms with van der Waals surface area (Å²) in [5.74, 6) is -1.85. The molecule has 0 aliphatic carbocycles. The van der Waals surface area contributed by atoms with Crippen molar-refractivity contribution in [3.05, 3.63) is 58.3 Å². The van der Waals surface area contributed by atoms with Gasteiger partial charge in [-0.2, -0.15) is 9.78 Å². The third kappa shape index (κ3) is 3.49. The van der Waals surface area contributed by atoms with Gasteiger partial charge < -0.3 is 10.0 Å². The van der Waals surface area contributed by atoms with Crippen LogP contribution in [0.5, 0.6) is 0 Å². The van der Waals surface area contributed by atoms with Crippen molar-refractivity contribution in [3.63, 3.8) is 0 Å². The summed E-state index contributed by atoms with van der Waals surface area (Å²) >= 11 is 0. The third-order valence-electron chi connectivity index (χ3n) is 4.50. The number of likely N-dealkylation sites (tertiary alicyclic amines) is 1. The highest BCUT2D eigenvalue weighted by atomic mass is 19.1. The lowest BCUT2D eigenvalue weighted by Crippen LogP contribution is -2.50. The van der Waals surface area contributed by atoms with Crippen LogP contribution in [0.4, 0.5) is 4.39 Å². The van der Waals surface area contributed by atoms with E-state index in [-0.39, 0.29) is 11.6 Å². The standard InChI is InChI=1S/C18H18FN3O4/c1-11-8-9-21(15(10-11)18(25)26)17(24)14-6-7-16(23)22(20-14)13-4-2-12(19)3-5-13/h2-7,11,15H,8-10H2,1H3,(H,25,26). The first kappa shape index (κ1) is 17.8. The molecule has 1 saturated heterocycles. The first-order valence-corrected chi connectivity index (χ1v) is 8.27. The number of hydrogen-bond acceptors (Lipinski definition) is 4. The van der Waals surface area contributed by atoms with E-state index in [2.05, 4.69) is 5.10 Å². The predicted molar refractivity (Wildman–Crippen MR) is 90.7 cm³/mol. The molecule has 7 nitrogen and oxygen atoms in total. The van der Waals surface area contributed by atoms with Gasteiger partial charge in [-0.15, -0.1) is 0 Å². The maximum Gasteiger partial charge on any atom is 0.326 e. The van der Waals surface area contributed by atoms with Crippen molar-refractivity contribution in [1.82, 2.24) is 14.7 Å². The molecule has 1 aromatic carbocycles. The quantitative estimate of drug-likeness (QED) is 0.900. The predicted octanol–water partition coefficient (Wildman–Crippen LogP) is 1.70. The molecule has 2 unspecified atom stereocenters. The van der Waals surface area contributed by atoms with Gasteiger partial charge in [0.15, 0.2) is 0 Å². The van der Waals surface area contributed by atoms with Crippen LogP contribution >= 0.6 is 0 Å². The van der Waals surface area contributed by atoms with E-state index >= 15 is 0 Å². The zero-order chi connectivity index (χ0) is 18.8. The number of carboxylic acid groups (broad SMARTS) is 1. The number of amides is 1. The topological polar surface area (TPSA) is 92.5 Å². The van der Waals surface area contributed by atoms with Crippen LogP contribution in [0.3, 0.4) is 0 Å². The number of benzene rings is 1. The second kappa shape index (κ2) is 7.07. The van der Waals surface area contributed by atoms with Crippen molar-refractivity contribution in [2.45, 2.75) is 25.8 Å². The Morgan fingerprint density at radius 2 is 1.88 bits per heavy atom. The zero-order valence-corrected chi connectivity index (χ0v) is 14.1. The van der Waals surface area contributed by atoms with Crippen molar-refractivity contribution >= 4 is 11.9 Å². The fourth-order valence-electron chi connectivity index (χ4n) is 3.06. The second-order valence-corrected chi connectivity index (χ2v) is 6.43. The number of aliphatic carboxylic acids is 1. The van der Waals surface area contributed by atoms with Crippen LogP contribution in [-0.2, 0) is 4.79 Å². The molecule has 1 aliphatic rings. The summed E-state index contributed by atoms with van der Waals surface area (Å²) in [5.41, 5.74) is -0.196. The number of rotatable bonds is 3. The smallest absolute Gasteiger partial charge is 0.326 e. The van der Waals surface area contributed by atoms with Crippen LogP contribution in [0.25, 0.3) is 5.69 Å². The summed E-state index contributed by atoms with van der Waals surface area (Å²) in [5, 5.41) is 13.5. The lowest BCUT2D eigenvalue weighted by Gasteiger charge is -2.35. The number of nitrogens with zero attached hydrogens (tertiary/aromatic N) is 3. The van der Waals surface area contributed by atoms with Gasteiger partial charge in [0.25, 0.3) is 11.5 Å². The van der Waals surface area contributed by atoms with Crippen molar-refractivity contribution in [3.8, 4) is 5.69 Å². The SMILES string of the molecule is CC1CCN(C(=O)c2ccc(=O)n(-c3ccc(F)cc3)n2)C(C(=O)O)C1. The Morgan fingerprint density at radius 3 is 2.54 bits per heavy atom. The molecule has 0 bridgehead atoms. The highest BCUT2D eigenvalue weighted by Crippen LogP contribution is 2.24. The molecular formula is C18H18FN3O4. The van der Waals surface area contributed by atoms with Crippen LogP contribution in [0.1, 0.15) is 30.3 Å². The zero-order valence-electron chi connectivity index (χ0n) is 14.1. The van der Waals surface area contributed by atoms with Gasteiger partial charge in [0.05, 0.1) is 5.69 Å². The second-order valence-electron chi connectivity index (χ2n) is 6.43. The molecule has 0 radical (unpaired) electrons. The molecule has 26 heavy (non-hydrogen) atoms. The molecule has 1 fully saturated rings. The minimum Gasteiger partial charge on any atom is -0.480 e. The summed E-state index contributed by atoms with van der Waals surface area (Å²) in [6.45, 7) is 2.26. The van der Waals surface area contributed by atoms with Gasteiger partial charge in [0, 0.05) is 12.6 Å². The van der Waals surface area contributed by atoms with Gasteiger partial charge in [-0.05, 0) is 49.1 Å². The molecule has 1 amide bonds. The van der Waals surface area contributed by atoms with E-state index in [4.69, 9.17) is 0 Å². The molecule has 1 aromatic heterocycles. The Kier molecular flexibility index (Phi) is 4.83. The largest absolute Gasteiger partial charge is 0.480 e. The Balaban J connectivity index is 1.95. The Labute approximate surface area is 148 Å². The molecule has 3 rings (SSSR count). The van der Waals surface area contributed by atoms with Crippen LogP contribution < -0.4 is 5.56 Å². The van der Waals surface area contributed by atoms with Gasteiger partial charge in [-0.1, -0.05) is 6.92 Å². The van der Waals surface area contributed by atoms with Crippen molar-refractivity contribution in [2.75, 3.05) is 6.54 Å². The van der Waals surface area contributed by atoms with Crippen LogP contribution in [0, 0.1) is 11.7 Å². The van der Waals surface area contributed by atoms with Gasteiger partial charge >= 0.3 is 5.97 Å². The molecule has 2 heterocycles. The number of hydrogen-bond donors (Lipinski definition) is 1. The van der Waals surface area contributed by atoms with E-state index in [1.165, 1.54) is 41.3 Å². The van der Waals surface area contributed by atoms with E-state index in [1.807, 2.05) is 6.92 Å². The molecule has 8 heteroatoms. The molecule has 2 atom stereocenters. The Hall–Kier alpha value is -3.03. The van der Waals surface area contributed by atoms with Crippen LogP contribution in [-0.4, -0.2) is 44.3 Å². The van der Waals surface area contributed by atoms with Crippen molar-refractivity contribution in [1.29, 1.82) is 0 Å². The lowest BCUT2D eigenvalue weighted by molar-refractivity contribution is -0.144. The molecule has 0 saturated carbocycles. The third-order valence-corrected chi connectivity index (χ3v) is 4.50. The Morgan fingerprint density at radius 1 is 1.19 bits per heavy atom. The highest BCUT2D eigenvalue weighted by molar-refractivity contribution is 5.95. The molecular weight excluding hydrogens is 341 g/mol. The van der Waals surface area contributed by atoms with Gasteiger partial charge in [-0.25, -0.2) is 9.18 Å². The van der Waals surface area contributed by atoms with Gasteiger partial charge in [0.2, 0.25) is 0 Å². The van der Waals surface area contributed by atoms with Gasteiger partial charge in [0.1, 0.15) is 17.6 Å². The maximum absolute atomic E-state index is 13.1. The lowest BCUT2D eigenvalue weighted by atomic mass is 9.92. The minimum atomic E-state index is -1.06. The summed E-state index contributed by atoms with van der Waals surface area (Å²) in [6, 6.07) is 6.67. The molecule has 2 aromatic rings. The maximum atomic E-state index is 13.1. The van der Waals surface area contributed by atoms with Crippen LogP contribution in [0.2, 0.25) is 0 Å². The number of aromatic nitrogens is 2. The monoisotopic (exact) mass is 359 g/mol. The number of piperidine rings is 1. The van der Waals surface area contributed by atoms with Crippen LogP contribution in [0.15, 0.2) is 41.2 Å².